The minimum absolute atomic E-state index is 0.256. The molecule has 0 radical (unpaired) electrons. The molecular weight excluding hydrogens is 346 g/mol. The molecule has 3 N–H and O–H groups in total. The van der Waals surface area contributed by atoms with E-state index in [1.165, 1.54) is 11.3 Å². The van der Waals surface area contributed by atoms with Gasteiger partial charge in [-0.15, -0.1) is 11.3 Å². The van der Waals surface area contributed by atoms with Gasteiger partial charge in [0.1, 0.15) is 4.88 Å². The van der Waals surface area contributed by atoms with Gasteiger partial charge in [-0.1, -0.05) is 29.8 Å². The molecule has 24 heavy (non-hydrogen) atoms. The number of hydrogen-bond donors (Lipinski definition) is 3. The SMILES string of the molecule is CNC(=O)Nc1ccc(NC(=O)c2sc3ccccc3c2Cl)cc1. The second kappa shape index (κ2) is 6.90. The number of nitrogens with one attached hydrogen (secondary N) is 3. The summed E-state index contributed by atoms with van der Waals surface area (Å²) in [5.41, 5.74) is 1.25. The molecule has 3 rings (SSSR count). The molecule has 3 aromatic rings. The van der Waals surface area contributed by atoms with Crippen LogP contribution in [0.5, 0.6) is 0 Å². The minimum Gasteiger partial charge on any atom is -0.341 e. The summed E-state index contributed by atoms with van der Waals surface area (Å²) in [5.74, 6) is -0.256. The molecule has 2 aromatic carbocycles. The highest BCUT2D eigenvalue weighted by Crippen LogP contribution is 2.35. The molecule has 0 atom stereocenters. The molecule has 0 aliphatic carbocycles. The fraction of sp³-hybridized carbons (Fsp3) is 0.0588. The van der Waals surface area contributed by atoms with E-state index in [2.05, 4.69) is 16.0 Å². The first kappa shape index (κ1) is 16.3. The van der Waals surface area contributed by atoms with Gasteiger partial charge >= 0.3 is 6.03 Å². The van der Waals surface area contributed by atoms with E-state index in [-0.39, 0.29) is 11.9 Å². The maximum atomic E-state index is 12.4. The Morgan fingerprint density at radius 2 is 1.58 bits per heavy atom. The summed E-state index contributed by atoms with van der Waals surface area (Å²) in [6.07, 6.45) is 0. The van der Waals surface area contributed by atoms with E-state index >= 15 is 0 Å². The van der Waals surface area contributed by atoms with Crippen LogP contribution < -0.4 is 16.0 Å². The Morgan fingerprint density at radius 3 is 2.21 bits per heavy atom. The van der Waals surface area contributed by atoms with Gasteiger partial charge in [0.05, 0.1) is 5.02 Å². The maximum absolute atomic E-state index is 12.4. The lowest BCUT2D eigenvalue weighted by molar-refractivity contribution is 0.103. The van der Waals surface area contributed by atoms with Gasteiger partial charge in [0.2, 0.25) is 0 Å². The predicted molar refractivity (Wildman–Crippen MR) is 99.3 cm³/mol. The molecule has 3 amide bonds. The molecule has 0 saturated heterocycles. The van der Waals surface area contributed by atoms with Gasteiger partial charge in [0, 0.05) is 28.5 Å². The van der Waals surface area contributed by atoms with Gasteiger partial charge in [-0.05, 0) is 30.3 Å². The van der Waals surface area contributed by atoms with Crippen molar-refractivity contribution < 1.29 is 9.59 Å². The van der Waals surface area contributed by atoms with Crippen LogP contribution in [0.2, 0.25) is 5.02 Å². The lowest BCUT2D eigenvalue weighted by Crippen LogP contribution is -2.24. The molecule has 0 aliphatic heterocycles. The van der Waals surface area contributed by atoms with Crippen LogP contribution >= 0.6 is 22.9 Å². The van der Waals surface area contributed by atoms with Crippen LogP contribution in [0.15, 0.2) is 48.5 Å². The standard InChI is InChI=1S/C17H14ClN3O2S/c1-19-17(23)21-11-8-6-10(7-9-11)20-16(22)15-14(18)12-4-2-3-5-13(12)24-15/h2-9H,1H3,(H,20,22)(H2,19,21,23). The summed E-state index contributed by atoms with van der Waals surface area (Å²) < 4.78 is 0.970. The summed E-state index contributed by atoms with van der Waals surface area (Å²) in [6.45, 7) is 0. The molecule has 5 nitrogen and oxygen atoms in total. The fourth-order valence-electron chi connectivity index (χ4n) is 2.18. The number of hydrogen-bond acceptors (Lipinski definition) is 3. The summed E-state index contributed by atoms with van der Waals surface area (Å²) in [5, 5.41) is 9.27. The van der Waals surface area contributed by atoms with Crippen LogP contribution in [0.1, 0.15) is 9.67 Å². The zero-order valence-corrected chi connectivity index (χ0v) is 14.3. The van der Waals surface area contributed by atoms with Crippen LogP contribution in [0.25, 0.3) is 10.1 Å². The van der Waals surface area contributed by atoms with Crippen LogP contribution in [-0.4, -0.2) is 19.0 Å². The van der Waals surface area contributed by atoms with E-state index in [4.69, 9.17) is 11.6 Å². The van der Waals surface area contributed by atoms with Crippen molar-refractivity contribution >= 4 is 56.3 Å². The number of thiophene rings is 1. The van der Waals surface area contributed by atoms with Crippen LogP contribution in [0.3, 0.4) is 0 Å². The van der Waals surface area contributed by atoms with E-state index in [9.17, 15) is 9.59 Å². The van der Waals surface area contributed by atoms with Crippen molar-refractivity contribution in [1.29, 1.82) is 0 Å². The average Bonchev–Trinajstić information content (AvgIpc) is 2.94. The number of urea groups is 1. The number of rotatable bonds is 3. The predicted octanol–water partition coefficient (Wildman–Crippen LogP) is 4.56. The Morgan fingerprint density at radius 1 is 0.958 bits per heavy atom. The van der Waals surface area contributed by atoms with Crippen molar-refractivity contribution in [3.8, 4) is 0 Å². The molecule has 122 valence electrons. The molecule has 0 unspecified atom stereocenters. The number of carbonyl (C=O) groups is 2. The third-order valence-electron chi connectivity index (χ3n) is 3.37. The molecule has 0 bridgehead atoms. The highest BCUT2D eigenvalue weighted by Gasteiger charge is 2.17. The Hall–Kier alpha value is -2.57. The Kier molecular flexibility index (Phi) is 4.69. The first-order chi connectivity index (χ1) is 11.6. The molecule has 7 heteroatoms. The zero-order valence-electron chi connectivity index (χ0n) is 12.7. The largest absolute Gasteiger partial charge is 0.341 e. The molecule has 0 saturated carbocycles. The molecule has 1 aromatic heterocycles. The number of carbonyl (C=O) groups excluding carboxylic acids is 2. The smallest absolute Gasteiger partial charge is 0.318 e. The number of benzene rings is 2. The maximum Gasteiger partial charge on any atom is 0.318 e. The van der Waals surface area contributed by atoms with Crippen LogP contribution in [-0.2, 0) is 0 Å². The summed E-state index contributed by atoms with van der Waals surface area (Å²) in [7, 11) is 1.54. The van der Waals surface area contributed by atoms with Gasteiger partial charge in [0.15, 0.2) is 0 Å². The van der Waals surface area contributed by atoms with Crippen LogP contribution in [0, 0.1) is 0 Å². The number of amides is 3. The minimum atomic E-state index is -0.302. The van der Waals surface area contributed by atoms with Crippen molar-refractivity contribution in [3.63, 3.8) is 0 Å². The van der Waals surface area contributed by atoms with E-state index in [1.807, 2.05) is 24.3 Å². The van der Waals surface area contributed by atoms with E-state index in [0.29, 0.717) is 21.3 Å². The van der Waals surface area contributed by atoms with Gasteiger partial charge in [0.25, 0.3) is 5.91 Å². The normalized spacial score (nSPS) is 10.4. The quantitative estimate of drug-likeness (QED) is 0.641. The van der Waals surface area contributed by atoms with Crippen molar-refractivity contribution in [2.75, 3.05) is 17.7 Å². The van der Waals surface area contributed by atoms with Crippen molar-refractivity contribution in [2.45, 2.75) is 0 Å². The van der Waals surface area contributed by atoms with E-state index in [0.717, 1.165) is 10.1 Å². The monoisotopic (exact) mass is 359 g/mol. The van der Waals surface area contributed by atoms with Gasteiger partial charge in [-0.25, -0.2) is 4.79 Å². The molecule has 0 fully saturated rings. The lowest BCUT2D eigenvalue weighted by atomic mass is 10.2. The summed E-state index contributed by atoms with van der Waals surface area (Å²) in [6, 6.07) is 14.2. The molecular formula is C17H14ClN3O2S. The summed E-state index contributed by atoms with van der Waals surface area (Å²) >= 11 is 7.67. The zero-order chi connectivity index (χ0) is 17.1. The average molecular weight is 360 g/mol. The van der Waals surface area contributed by atoms with Crippen molar-refractivity contribution in [2.24, 2.45) is 0 Å². The molecule has 0 spiro atoms. The number of anilines is 2. The Bertz CT molecular complexity index is 906. The van der Waals surface area contributed by atoms with Crippen molar-refractivity contribution in [3.05, 3.63) is 58.4 Å². The summed E-state index contributed by atoms with van der Waals surface area (Å²) in [4.78, 5) is 24.2. The highest BCUT2D eigenvalue weighted by molar-refractivity contribution is 7.21. The third kappa shape index (κ3) is 3.34. The van der Waals surface area contributed by atoms with Gasteiger partial charge in [-0.3, -0.25) is 4.79 Å². The highest BCUT2D eigenvalue weighted by atomic mass is 35.5. The Labute approximate surface area is 147 Å². The van der Waals surface area contributed by atoms with E-state index < -0.39 is 0 Å². The first-order valence-electron chi connectivity index (χ1n) is 7.15. The second-order valence-corrected chi connectivity index (χ2v) is 6.41. The molecule has 0 aliphatic rings. The third-order valence-corrected chi connectivity index (χ3v) is 5.04. The topological polar surface area (TPSA) is 70.2 Å². The second-order valence-electron chi connectivity index (χ2n) is 4.98. The fourth-order valence-corrected chi connectivity index (χ4v) is 3.59. The van der Waals surface area contributed by atoms with Crippen molar-refractivity contribution in [1.82, 2.24) is 5.32 Å². The lowest BCUT2D eigenvalue weighted by Gasteiger charge is -2.07. The van der Waals surface area contributed by atoms with Gasteiger partial charge < -0.3 is 16.0 Å². The van der Waals surface area contributed by atoms with Gasteiger partial charge in [-0.2, -0.15) is 0 Å². The number of halogens is 1. The van der Waals surface area contributed by atoms with E-state index in [1.54, 1.807) is 31.3 Å². The molecule has 1 heterocycles. The number of fused-ring (bicyclic) bond motifs is 1. The van der Waals surface area contributed by atoms with Crippen LogP contribution in [0.4, 0.5) is 16.2 Å². The Balaban J connectivity index is 1.76. The first-order valence-corrected chi connectivity index (χ1v) is 8.35.